The Hall–Kier alpha value is -3.42. The molecule has 0 aliphatic rings. The normalized spacial score (nSPS) is 12.5. The molecule has 0 saturated heterocycles. The smallest absolute Gasteiger partial charge is 0.273 e. The second kappa shape index (κ2) is 11.1. The Balaban J connectivity index is 2.32. The number of rotatable bonds is 10. The maximum atomic E-state index is 13.2. The maximum absolute atomic E-state index is 13.2. The van der Waals surface area contributed by atoms with Crippen molar-refractivity contribution in [2.75, 3.05) is 7.11 Å². The van der Waals surface area contributed by atoms with Gasteiger partial charge in [0.2, 0.25) is 11.8 Å². The van der Waals surface area contributed by atoms with Crippen molar-refractivity contribution < 1.29 is 19.2 Å². The van der Waals surface area contributed by atoms with Gasteiger partial charge in [0, 0.05) is 24.2 Å². The minimum absolute atomic E-state index is 0.0288. The molecule has 0 fully saturated rings. The number of amides is 2. The van der Waals surface area contributed by atoms with Crippen LogP contribution in [0.3, 0.4) is 0 Å². The molecule has 0 aromatic heterocycles. The van der Waals surface area contributed by atoms with Crippen molar-refractivity contribution in [3.8, 4) is 5.75 Å². The zero-order chi connectivity index (χ0) is 23.0. The molecule has 0 unspecified atom stereocenters. The van der Waals surface area contributed by atoms with Gasteiger partial charge in [-0.3, -0.25) is 19.7 Å². The van der Waals surface area contributed by atoms with E-state index in [-0.39, 0.29) is 36.5 Å². The zero-order valence-electron chi connectivity index (χ0n) is 18.3. The van der Waals surface area contributed by atoms with Gasteiger partial charge in [-0.2, -0.15) is 0 Å². The van der Waals surface area contributed by atoms with Gasteiger partial charge in [0.25, 0.3) is 5.69 Å². The first-order valence-electron chi connectivity index (χ1n) is 10.2. The Morgan fingerprint density at radius 1 is 1.16 bits per heavy atom. The summed E-state index contributed by atoms with van der Waals surface area (Å²) in [5.74, 6) is -0.00242. The highest BCUT2D eigenvalue weighted by atomic mass is 16.6. The number of nitro groups is 1. The molecule has 0 radical (unpaired) electrons. The summed E-state index contributed by atoms with van der Waals surface area (Å²) < 4.78 is 5.25. The molecule has 0 spiro atoms. The number of hydrogen-bond donors (Lipinski definition) is 1. The Morgan fingerprint density at radius 3 is 2.52 bits per heavy atom. The second-order valence-corrected chi connectivity index (χ2v) is 7.43. The summed E-state index contributed by atoms with van der Waals surface area (Å²) in [6.07, 6.45) is 0.584. The van der Waals surface area contributed by atoms with Crippen molar-refractivity contribution in [3.63, 3.8) is 0 Å². The molecule has 0 aliphatic carbocycles. The van der Waals surface area contributed by atoms with E-state index in [1.807, 2.05) is 26.0 Å². The van der Waals surface area contributed by atoms with Gasteiger partial charge in [0.1, 0.15) is 11.8 Å². The summed E-state index contributed by atoms with van der Waals surface area (Å²) in [7, 11) is 1.55. The largest absolute Gasteiger partial charge is 0.497 e. The molecular weight excluding hydrogens is 398 g/mol. The zero-order valence-corrected chi connectivity index (χ0v) is 18.3. The molecule has 2 amide bonds. The number of nitrogens with zero attached hydrogens (tertiary/aromatic N) is 2. The Morgan fingerprint density at radius 2 is 1.87 bits per heavy atom. The first kappa shape index (κ1) is 23.9. The highest BCUT2D eigenvalue weighted by Crippen LogP contribution is 2.21. The van der Waals surface area contributed by atoms with Crippen LogP contribution in [0, 0.1) is 10.1 Å². The summed E-state index contributed by atoms with van der Waals surface area (Å²) in [6, 6.07) is 12.6. The lowest BCUT2D eigenvalue weighted by molar-refractivity contribution is -0.385. The number of methoxy groups -OCH3 is 1. The lowest BCUT2D eigenvalue weighted by atomic mass is 10.1. The number of nitrogens with one attached hydrogen (secondary N) is 1. The van der Waals surface area contributed by atoms with Crippen molar-refractivity contribution in [2.45, 2.75) is 52.2 Å². The van der Waals surface area contributed by atoms with E-state index in [0.717, 1.165) is 12.0 Å². The van der Waals surface area contributed by atoms with Crippen LogP contribution in [0.4, 0.5) is 5.69 Å². The number of carbonyl (C=O) groups excluding carboxylic acids is 2. The number of hydrogen-bond acceptors (Lipinski definition) is 5. The van der Waals surface area contributed by atoms with Crippen LogP contribution >= 0.6 is 0 Å². The highest BCUT2D eigenvalue weighted by Gasteiger charge is 2.28. The first-order chi connectivity index (χ1) is 14.8. The minimum Gasteiger partial charge on any atom is -0.497 e. The molecule has 31 heavy (non-hydrogen) atoms. The van der Waals surface area contributed by atoms with Crippen molar-refractivity contribution in [1.82, 2.24) is 10.2 Å². The van der Waals surface area contributed by atoms with E-state index in [4.69, 9.17) is 4.74 Å². The SMILES string of the molecule is CC[C@H](C)NC(=O)[C@@H](C)N(Cc1cccc(OC)c1)C(=O)Cc1ccccc1[N+](=O)[O-]. The molecule has 2 atom stereocenters. The van der Waals surface area contributed by atoms with Crippen LogP contribution in [0.2, 0.25) is 0 Å². The molecule has 0 saturated carbocycles. The predicted molar refractivity (Wildman–Crippen MR) is 118 cm³/mol. The first-order valence-corrected chi connectivity index (χ1v) is 10.2. The summed E-state index contributed by atoms with van der Waals surface area (Å²) in [4.78, 5) is 38.3. The average Bonchev–Trinajstić information content (AvgIpc) is 2.77. The Labute approximate surface area is 182 Å². The van der Waals surface area contributed by atoms with Gasteiger partial charge in [-0.05, 0) is 38.0 Å². The number of nitro benzene ring substituents is 1. The summed E-state index contributed by atoms with van der Waals surface area (Å²) >= 11 is 0. The molecule has 166 valence electrons. The standard InChI is InChI=1S/C23H29N3O5/c1-5-16(2)24-23(28)17(3)25(15-18-9-8-11-20(13-18)31-4)22(27)14-19-10-6-7-12-21(19)26(29)30/h6-13,16-17H,5,14-15H2,1-4H3,(H,24,28)/t16-,17+/m0/s1. The van der Waals surface area contributed by atoms with Crippen LogP contribution in [0.1, 0.15) is 38.3 Å². The molecule has 8 nitrogen and oxygen atoms in total. The van der Waals surface area contributed by atoms with Crippen LogP contribution in [-0.2, 0) is 22.6 Å². The van der Waals surface area contributed by atoms with E-state index in [1.54, 1.807) is 44.4 Å². The van der Waals surface area contributed by atoms with Crippen molar-refractivity contribution >= 4 is 17.5 Å². The molecule has 2 aromatic carbocycles. The number of carbonyl (C=O) groups is 2. The topological polar surface area (TPSA) is 102 Å². The molecular formula is C23H29N3O5. The number of ether oxygens (including phenoxy) is 1. The molecule has 0 heterocycles. The van der Waals surface area contributed by atoms with E-state index in [1.165, 1.54) is 11.0 Å². The van der Waals surface area contributed by atoms with E-state index in [9.17, 15) is 19.7 Å². The third-order valence-corrected chi connectivity index (χ3v) is 5.19. The lowest BCUT2D eigenvalue weighted by Crippen LogP contribution is -2.49. The number of benzene rings is 2. The van der Waals surface area contributed by atoms with E-state index >= 15 is 0 Å². The van der Waals surface area contributed by atoms with Crippen molar-refractivity contribution in [1.29, 1.82) is 0 Å². The molecule has 0 aliphatic heterocycles. The highest BCUT2D eigenvalue weighted by molar-refractivity contribution is 5.88. The fourth-order valence-electron chi connectivity index (χ4n) is 3.12. The maximum Gasteiger partial charge on any atom is 0.273 e. The van der Waals surface area contributed by atoms with Gasteiger partial charge < -0.3 is 15.0 Å². The molecule has 0 bridgehead atoms. The van der Waals surface area contributed by atoms with Gasteiger partial charge in [-0.15, -0.1) is 0 Å². The van der Waals surface area contributed by atoms with Crippen LogP contribution in [0.15, 0.2) is 48.5 Å². The Bertz CT molecular complexity index is 931. The second-order valence-electron chi connectivity index (χ2n) is 7.43. The van der Waals surface area contributed by atoms with Crippen LogP contribution in [0.5, 0.6) is 5.75 Å². The van der Waals surface area contributed by atoms with Gasteiger partial charge >= 0.3 is 0 Å². The average molecular weight is 428 g/mol. The Kier molecular flexibility index (Phi) is 8.54. The fourth-order valence-corrected chi connectivity index (χ4v) is 3.12. The number of para-hydroxylation sites is 1. The summed E-state index contributed by atoms with van der Waals surface area (Å²) in [5.41, 5.74) is 0.981. The van der Waals surface area contributed by atoms with Crippen molar-refractivity contribution in [2.24, 2.45) is 0 Å². The monoisotopic (exact) mass is 427 g/mol. The van der Waals surface area contributed by atoms with E-state index < -0.39 is 11.0 Å². The van der Waals surface area contributed by atoms with E-state index in [2.05, 4.69) is 5.32 Å². The summed E-state index contributed by atoms with van der Waals surface area (Å²) in [6.45, 7) is 5.69. The molecule has 8 heteroatoms. The van der Waals surface area contributed by atoms with Crippen molar-refractivity contribution in [3.05, 3.63) is 69.8 Å². The third-order valence-electron chi connectivity index (χ3n) is 5.19. The minimum atomic E-state index is -0.754. The van der Waals surface area contributed by atoms with E-state index in [0.29, 0.717) is 11.3 Å². The van der Waals surface area contributed by atoms with Gasteiger partial charge in [0.15, 0.2) is 0 Å². The molecule has 1 N–H and O–H groups in total. The van der Waals surface area contributed by atoms with Gasteiger partial charge in [-0.1, -0.05) is 37.3 Å². The van der Waals surface area contributed by atoms with Crippen LogP contribution in [-0.4, -0.2) is 40.8 Å². The van der Waals surface area contributed by atoms with Gasteiger partial charge in [-0.25, -0.2) is 0 Å². The molecule has 2 rings (SSSR count). The lowest BCUT2D eigenvalue weighted by Gasteiger charge is -2.30. The predicted octanol–water partition coefficient (Wildman–Crippen LogP) is 3.48. The van der Waals surface area contributed by atoms with Crippen LogP contribution in [0.25, 0.3) is 0 Å². The summed E-state index contributed by atoms with van der Waals surface area (Å²) in [5, 5.41) is 14.2. The van der Waals surface area contributed by atoms with Crippen LogP contribution < -0.4 is 10.1 Å². The third kappa shape index (κ3) is 6.53. The van der Waals surface area contributed by atoms with Gasteiger partial charge in [0.05, 0.1) is 18.5 Å². The molecule has 2 aromatic rings. The quantitative estimate of drug-likeness (QED) is 0.462. The fraction of sp³-hybridized carbons (Fsp3) is 0.391.